The maximum Gasteiger partial charge on any atom is 0.225 e. The van der Waals surface area contributed by atoms with Crippen LogP contribution in [0, 0.1) is 0 Å². The first kappa shape index (κ1) is 14.0. The normalized spacial score (nSPS) is 19.6. The largest absolute Gasteiger partial charge is 0.392 e. The summed E-state index contributed by atoms with van der Waals surface area (Å²) in [5.41, 5.74) is 7.35. The van der Waals surface area contributed by atoms with Gasteiger partial charge in [-0.3, -0.25) is 4.79 Å². The van der Waals surface area contributed by atoms with E-state index in [-0.39, 0.29) is 12.0 Å². The lowest BCUT2D eigenvalue weighted by Crippen LogP contribution is -2.27. The van der Waals surface area contributed by atoms with Crippen molar-refractivity contribution >= 4 is 11.6 Å². The van der Waals surface area contributed by atoms with E-state index in [2.05, 4.69) is 10.2 Å². The standard InChI is InChI=1S/C14H21N3O2/c15-9-11-3-1-2-4-13(11)16-14(19)6-8-17-7-5-12(18)10-17/h1-4,12,18H,5-10,15H2,(H,16,19). The fourth-order valence-corrected chi connectivity index (χ4v) is 2.31. The molecule has 0 aliphatic carbocycles. The lowest BCUT2D eigenvalue weighted by molar-refractivity contribution is -0.116. The van der Waals surface area contributed by atoms with E-state index in [0.29, 0.717) is 26.1 Å². The minimum absolute atomic E-state index is 0.0118. The number of hydrogen-bond donors (Lipinski definition) is 3. The van der Waals surface area contributed by atoms with Gasteiger partial charge in [-0.1, -0.05) is 18.2 Å². The van der Waals surface area contributed by atoms with Gasteiger partial charge in [-0.15, -0.1) is 0 Å². The molecule has 1 atom stereocenters. The van der Waals surface area contributed by atoms with Gasteiger partial charge in [0.25, 0.3) is 0 Å². The summed E-state index contributed by atoms with van der Waals surface area (Å²) in [5.74, 6) is -0.0118. The number of β-amino-alcohol motifs (C(OH)–C–C–N with tert-alkyl or cyclic N) is 1. The molecule has 104 valence electrons. The van der Waals surface area contributed by atoms with Crippen molar-refractivity contribution in [3.63, 3.8) is 0 Å². The Bertz CT molecular complexity index is 436. The lowest BCUT2D eigenvalue weighted by atomic mass is 10.1. The topological polar surface area (TPSA) is 78.6 Å². The Kier molecular flexibility index (Phi) is 4.90. The molecule has 2 rings (SSSR count). The van der Waals surface area contributed by atoms with Crippen molar-refractivity contribution in [2.45, 2.75) is 25.5 Å². The Hall–Kier alpha value is -1.43. The van der Waals surface area contributed by atoms with E-state index >= 15 is 0 Å². The minimum atomic E-state index is -0.235. The Morgan fingerprint density at radius 1 is 1.47 bits per heavy atom. The van der Waals surface area contributed by atoms with Crippen molar-refractivity contribution in [3.05, 3.63) is 29.8 Å². The van der Waals surface area contributed by atoms with Gasteiger partial charge < -0.3 is 21.1 Å². The molecule has 1 heterocycles. The fourth-order valence-electron chi connectivity index (χ4n) is 2.31. The number of nitrogens with two attached hydrogens (primary N) is 1. The van der Waals surface area contributed by atoms with Crippen LogP contribution in [0.1, 0.15) is 18.4 Å². The molecule has 5 nitrogen and oxygen atoms in total. The number of nitrogens with zero attached hydrogens (tertiary/aromatic N) is 1. The molecule has 0 bridgehead atoms. The van der Waals surface area contributed by atoms with Crippen LogP contribution in [0.5, 0.6) is 0 Å². The second-order valence-electron chi connectivity index (χ2n) is 4.90. The highest BCUT2D eigenvalue weighted by molar-refractivity contribution is 5.91. The highest BCUT2D eigenvalue weighted by Crippen LogP contribution is 2.15. The minimum Gasteiger partial charge on any atom is -0.392 e. The number of amides is 1. The van der Waals surface area contributed by atoms with Gasteiger partial charge in [0.1, 0.15) is 0 Å². The van der Waals surface area contributed by atoms with Crippen molar-refractivity contribution in [1.29, 1.82) is 0 Å². The summed E-state index contributed by atoms with van der Waals surface area (Å²) in [6, 6.07) is 7.56. The zero-order valence-corrected chi connectivity index (χ0v) is 11.0. The quantitative estimate of drug-likeness (QED) is 0.724. The molecule has 0 spiro atoms. The monoisotopic (exact) mass is 263 g/mol. The van der Waals surface area contributed by atoms with Crippen LogP contribution in [0.4, 0.5) is 5.69 Å². The molecular weight excluding hydrogens is 242 g/mol. The first-order valence-electron chi connectivity index (χ1n) is 6.67. The third-order valence-electron chi connectivity index (χ3n) is 3.41. The predicted molar refractivity (Wildman–Crippen MR) is 74.6 cm³/mol. The average Bonchev–Trinajstić information content (AvgIpc) is 2.83. The van der Waals surface area contributed by atoms with Crippen LogP contribution in [0.15, 0.2) is 24.3 Å². The second-order valence-corrected chi connectivity index (χ2v) is 4.90. The summed E-state index contributed by atoms with van der Waals surface area (Å²) in [6.07, 6.45) is 1.00. The maximum atomic E-state index is 11.9. The number of para-hydroxylation sites is 1. The van der Waals surface area contributed by atoms with Crippen LogP contribution in [0.25, 0.3) is 0 Å². The molecule has 1 unspecified atom stereocenters. The number of anilines is 1. The summed E-state index contributed by atoms with van der Waals surface area (Å²) in [4.78, 5) is 14.0. The molecule has 5 heteroatoms. The van der Waals surface area contributed by atoms with Crippen LogP contribution in [0.2, 0.25) is 0 Å². The van der Waals surface area contributed by atoms with Crippen LogP contribution in [-0.2, 0) is 11.3 Å². The molecule has 0 aromatic heterocycles. The van der Waals surface area contributed by atoms with E-state index in [1.165, 1.54) is 0 Å². The Morgan fingerprint density at radius 3 is 2.95 bits per heavy atom. The number of rotatable bonds is 5. The number of carbonyl (C=O) groups is 1. The Morgan fingerprint density at radius 2 is 2.26 bits per heavy atom. The van der Waals surface area contributed by atoms with Gasteiger partial charge in [-0.05, 0) is 18.1 Å². The smallest absolute Gasteiger partial charge is 0.225 e. The third-order valence-corrected chi connectivity index (χ3v) is 3.41. The number of hydrogen-bond acceptors (Lipinski definition) is 4. The average molecular weight is 263 g/mol. The van der Waals surface area contributed by atoms with Crippen LogP contribution in [-0.4, -0.2) is 41.7 Å². The van der Waals surface area contributed by atoms with Crippen molar-refractivity contribution in [2.75, 3.05) is 25.0 Å². The van der Waals surface area contributed by atoms with Crippen molar-refractivity contribution in [2.24, 2.45) is 5.73 Å². The van der Waals surface area contributed by atoms with Crippen molar-refractivity contribution < 1.29 is 9.90 Å². The van der Waals surface area contributed by atoms with E-state index in [9.17, 15) is 9.90 Å². The van der Waals surface area contributed by atoms with E-state index < -0.39 is 0 Å². The van der Waals surface area contributed by atoms with Crippen LogP contribution < -0.4 is 11.1 Å². The van der Waals surface area contributed by atoms with Gasteiger partial charge >= 0.3 is 0 Å². The van der Waals surface area contributed by atoms with Gasteiger partial charge in [0, 0.05) is 38.3 Å². The van der Waals surface area contributed by atoms with Crippen LogP contribution in [0.3, 0.4) is 0 Å². The van der Waals surface area contributed by atoms with Crippen molar-refractivity contribution in [3.8, 4) is 0 Å². The highest BCUT2D eigenvalue weighted by atomic mass is 16.3. The molecule has 0 radical (unpaired) electrons. The summed E-state index contributed by atoms with van der Waals surface area (Å²) >= 11 is 0. The first-order valence-corrected chi connectivity index (χ1v) is 6.67. The molecule has 19 heavy (non-hydrogen) atoms. The molecule has 1 aromatic carbocycles. The van der Waals surface area contributed by atoms with Gasteiger partial charge in [0.15, 0.2) is 0 Å². The van der Waals surface area contributed by atoms with Gasteiger partial charge in [0.2, 0.25) is 5.91 Å². The molecule has 0 saturated carbocycles. The molecule has 1 amide bonds. The molecule has 1 fully saturated rings. The Balaban J connectivity index is 1.81. The molecule has 1 saturated heterocycles. The summed E-state index contributed by atoms with van der Waals surface area (Å²) < 4.78 is 0. The van der Waals surface area contributed by atoms with E-state index in [1.807, 2.05) is 24.3 Å². The summed E-state index contributed by atoms with van der Waals surface area (Å²) in [7, 11) is 0. The number of benzene rings is 1. The maximum absolute atomic E-state index is 11.9. The molecular formula is C14H21N3O2. The first-order chi connectivity index (χ1) is 9.19. The number of carbonyl (C=O) groups excluding carboxylic acids is 1. The molecule has 1 aliphatic heterocycles. The molecule has 1 aliphatic rings. The fraction of sp³-hybridized carbons (Fsp3) is 0.500. The molecule has 1 aromatic rings. The van der Waals surface area contributed by atoms with Gasteiger partial charge in [0.05, 0.1) is 6.10 Å². The van der Waals surface area contributed by atoms with Crippen LogP contribution >= 0.6 is 0 Å². The van der Waals surface area contributed by atoms with Gasteiger partial charge in [-0.2, -0.15) is 0 Å². The summed E-state index contributed by atoms with van der Waals surface area (Å²) in [5, 5.41) is 12.3. The number of aliphatic hydroxyl groups is 1. The second kappa shape index (κ2) is 6.65. The predicted octanol–water partition coefficient (Wildman–Crippen LogP) is 0.540. The zero-order chi connectivity index (χ0) is 13.7. The third kappa shape index (κ3) is 4.02. The number of likely N-dealkylation sites (tertiary alicyclic amines) is 1. The summed E-state index contributed by atoms with van der Waals surface area (Å²) in [6.45, 7) is 2.64. The van der Waals surface area contributed by atoms with E-state index in [0.717, 1.165) is 24.2 Å². The number of aliphatic hydroxyl groups excluding tert-OH is 1. The van der Waals surface area contributed by atoms with E-state index in [4.69, 9.17) is 5.73 Å². The van der Waals surface area contributed by atoms with Crippen molar-refractivity contribution in [1.82, 2.24) is 4.90 Å². The Labute approximate surface area is 113 Å². The molecule has 4 N–H and O–H groups in total. The zero-order valence-electron chi connectivity index (χ0n) is 11.0. The lowest BCUT2D eigenvalue weighted by Gasteiger charge is -2.15. The highest BCUT2D eigenvalue weighted by Gasteiger charge is 2.20. The van der Waals surface area contributed by atoms with Gasteiger partial charge in [-0.25, -0.2) is 0 Å². The van der Waals surface area contributed by atoms with E-state index in [1.54, 1.807) is 0 Å². The SMILES string of the molecule is NCc1ccccc1NC(=O)CCN1CCC(O)C1. The number of nitrogens with one attached hydrogen (secondary N) is 1.